The SMILES string of the molecule is CC(C)C1=CC(O)CC=C1. The van der Waals surface area contributed by atoms with Gasteiger partial charge >= 0.3 is 0 Å². The van der Waals surface area contributed by atoms with Gasteiger partial charge in [-0.3, -0.25) is 0 Å². The summed E-state index contributed by atoms with van der Waals surface area (Å²) in [6.45, 7) is 4.27. The van der Waals surface area contributed by atoms with Crippen molar-refractivity contribution in [3.63, 3.8) is 0 Å². The van der Waals surface area contributed by atoms with E-state index in [0.717, 1.165) is 6.42 Å². The van der Waals surface area contributed by atoms with Crippen molar-refractivity contribution in [2.24, 2.45) is 5.92 Å². The summed E-state index contributed by atoms with van der Waals surface area (Å²) in [4.78, 5) is 0. The highest BCUT2D eigenvalue weighted by Gasteiger charge is 2.07. The van der Waals surface area contributed by atoms with E-state index in [0.29, 0.717) is 5.92 Å². The van der Waals surface area contributed by atoms with E-state index in [2.05, 4.69) is 19.9 Å². The van der Waals surface area contributed by atoms with Crippen LogP contribution in [0.3, 0.4) is 0 Å². The van der Waals surface area contributed by atoms with Crippen LogP contribution in [0.5, 0.6) is 0 Å². The Kier molecular flexibility index (Phi) is 2.28. The number of hydrogen-bond acceptors (Lipinski definition) is 1. The van der Waals surface area contributed by atoms with Gasteiger partial charge in [0.05, 0.1) is 6.10 Å². The minimum atomic E-state index is -0.248. The van der Waals surface area contributed by atoms with E-state index in [1.54, 1.807) is 0 Å². The fourth-order valence-corrected chi connectivity index (χ4v) is 1.07. The van der Waals surface area contributed by atoms with Crippen LogP contribution in [-0.4, -0.2) is 11.2 Å². The molecule has 0 saturated carbocycles. The van der Waals surface area contributed by atoms with Crippen molar-refractivity contribution >= 4 is 0 Å². The quantitative estimate of drug-likeness (QED) is 0.586. The fraction of sp³-hybridized carbons (Fsp3) is 0.556. The van der Waals surface area contributed by atoms with Gasteiger partial charge in [0.2, 0.25) is 0 Å². The number of hydrogen-bond donors (Lipinski definition) is 1. The Labute approximate surface area is 62.1 Å². The minimum Gasteiger partial charge on any atom is -0.389 e. The molecule has 10 heavy (non-hydrogen) atoms. The molecule has 0 aromatic carbocycles. The second-order valence-electron chi connectivity index (χ2n) is 3.03. The highest BCUT2D eigenvalue weighted by Crippen LogP contribution is 2.17. The summed E-state index contributed by atoms with van der Waals surface area (Å²) < 4.78 is 0. The lowest BCUT2D eigenvalue weighted by Crippen LogP contribution is -2.07. The first-order valence-corrected chi connectivity index (χ1v) is 3.76. The molecule has 1 aliphatic rings. The molecule has 0 heterocycles. The van der Waals surface area contributed by atoms with Gasteiger partial charge in [0, 0.05) is 0 Å². The van der Waals surface area contributed by atoms with Crippen LogP contribution in [0.25, 0.3) is 0 Å². The average Bonchev–Trinajstić information content (AvgIpc) is 1.88. The van der Waals surface area contributed by atoms with Crippen molar-refractivity contribution < 1.29 is 5.11 Å². The Bertz CT molecular complexity index is 166. The number of aliphatic hydroxyl groups excluding tert-OH is 1. The molecule has 1 aliphatic carbocycles. The van der Waals surface area contributed by atoms with Gasteiger partial charge in [-0.1, -0.05) is 32.1 Å². The summed E-state index contributed by atoms with van der Waals surface area (Å²) >= 11 is 0. The van der Waals surface area contributed by atoms with Crippen molar-refractivity contribution in [3.8, 4) is 0 Å². The van der Waals surface area contributed by atoms with Crippen LogP contribution in [0.15, 0.2) is 23.8 Å². The summed E-state index contributed by atoms with van der Waals surface area (Å²) in [5.41, 5.74) is 1.25. The van der Waals surface area contributed by atoms with Crippen LogP contribution in [-0.2, 0) is 0 Å². The van der Waals surface area contributed by atoms with Gasteiger partial charge in [-0.15, -0.1) is 0 Å². The summed E-state index contributed by atoms with van der Waals surface area (Å²) in [5.74, 6) is 0.534. The average molecular weight is 138 g/mol. The highest BCUT2D eigenvalue weighted by atomic mass is 16.3. The molecule has 56 valence electrons. The second-order valence-corrected chi connectivity index (χ2v) is 3.03. The lowest BCUT2D eigenvalue weighted by molar-refractivity contribution is 0.224. The van der Waals surface area contributed by atoms with Gasteiger partial charge in [0.25, 0.3) is 0 Å². The molecule has 1 unspecified atom stereocenters. The molecule has 0 radical (unpaired) electrons. The van der Waals surface area contributed by atoms with Crippen LogP contribution >= 0.6 is 0 Å². The number of allylic oxidation sites excluding steroid dienone is 2. The van der Waals surface area contributed by atoms with Gasteiger partial charge in [0.1, 0.15) is 0 Å². The maximum Gasteiger partial charge on any atom is 0.0761 e. The second kappa shape index (κ2) is 3.02. The third kappa shape index (κ3) is 1.71. The van der Waals surface area contributed by atoms with Crippen molar-refractivity contribution in [2.75, 3.05) is 0 Å². The van der Waals surface area contributed by atoms with Crippen molar-refractivity contribution in [1.82, 2.24) is 0 Å². The molecule has 1 N–H and O–H groups in total. The topological polar surface area (TPSA) is 20.2 Å². The zero-order chi connectivity index (χ0) is 7.56. The predicted octanol–water partition coefficient (Wildman–Crippen LogP) is 1.89. The molecule has 1 nitrogen and oxygen atoms in total. The van der Waals surface area contributed by atoms with E-state index in [1.165, 1.54) is 5.57 Å². The lowest BCUT2D eigenvalue weighted by atomic mass is 9.96. The molecule has 0 amide bonds. The summed E-state index contributed by atoms with van der Waals surface area (Å²) in [6.07, 6.45) is 6.58. The van der Waals surface area contributed by atoms with Crippen LogP contribution < -0.4 is 0 Å². The summed E-state index contributed by atoms with van der Waals surface area (Å²) in [5, 5.41) is 9.20. The fourth-order valence-electron chi connectivity index (χ4n) is 1.07. The van der Waals surface area contributed by atoms with Crippen molar-refractivity contribution in [1.29, 1.82) is 0 Å². The van der Waals surface area contributed by atoms with Gasteiger partial charge < -0.3 is 5.11 Å². The monoisotopic (exact) mass is 138 g/mol. The molecule has 0 fully saturated rings. The number of rotatable bonds is 1. The zero-order valence-corrected chi connectivity index (χ0v) is 6.54. The third-order valence-corrected chi connectivity index (χ3v) is 1.74. The lowest BCUT2D eigenvalue weighted by Gasteiger charge is -2.13. The molecular weight excluding hydrogens is 124 g/mol. The predicted molar refractivity (Wildman–Crippen MR) is 42.7 cm³/mol. The maximum absolute atomic E-state index is 9.20. The summed E-state index contributed by atoms with van der Waals surface area (Å²) in [7, 11) is 0. The largest absolute Gasteiger partial charge is 0.389 e. The van der Waals surface area contributed by atoms with E-state index in [4.69, 9.17) is 0 Å². The first kappa shape index (κ1) is 7.55. The Morgan fingerprint density at radius 1 is 1.60 bits per heavy atom. The van der Waals surface area contributed by atoms with Gasteiger partial charge in [0.15, 0.2) is 0 Å². The Morgan fingerprint density at radius 2 is 2.30 bits per heavy atom. The molecule has 0 aromatic heterocycles. The van der Waals surface area contributed by atoms with Gasteiger partial charge in [-0.2, -0.15) is 0 Å². The minimum absolute atomic E-state index is 0.248. The van der Waals surface area contributed by atoms with Crippen LogP contribution in [0, 0.1) is 5.92 Å². The third-order valence-electron chi connectivity index (χ3n) is 1.74. The first-order chi connectivity index (χ1) is 4.70. The number of aliphatic hydroxyl groups is 1. The van der Waals surface area contributed by atoms with E-state index in [1.807, 2.05) is 12.2 Å². The molecule has 1 heteroatoms. The molecule has 0 spiro atoms. The molecule has 0 aromatic rings. The molecular formula is C9H14O. The van der Waals surface area contributed by atoms with E-state index >= 15 is 0 Å². The molecule has 0 aliphatic heterocycles. The van der Waals surface area contributed by atoms with Crippen LogP contribution in [0.4, 0.5) is 0 Å². The smallest absolute Gasteiger partial charge is 0.0761 e. The normalized spacial score (nSPS) is 25.2. The molecule has 1 rings (SSSR count). The van der Waals surface area contributed by atoms with Gasteiger partial charge in [-0.05, 0) is 17.9 Å². The van der Waals surface area contributed by atoms with E-state index < -0.39 is 0 Å². The summed E-state index contributed by atoms with van der Waals surface area (Å²) in [6, 6.07) is 0. The first-order valence-electron chi connectivity index (χ1n) is 3.76. The maximum atomic E-state index is 9.20. The molecule has 0 saturated heterocycles. The standard InChI is InChI=1S/C9H14O/c1-7(2)8-4-3-5-9(10)6-8/h3-4,6-7,9-10H,5H2,1-2H3. The zero-order valence-electron chi connectivity index (χ0n) is 6.54. The Hall–Kier alpha value is -0.560. The van der Waals surface area contributed by atoms with Crippen molar-refractivity contribution in [3.05, 3.63) is 23.8 Å². The molecule has 0 bridgehead atoms. The van der Waals surface area contributed by atoms with Crippen molar-refractivity contribution in [2.45, 2.75) is 26.4 Å². The molecule has 1 atom stereocenters. The van der Waals surface area contributed by atoms with Crippen LogP contribution in [0.1, 0.15) is 20.3 Å². The Balaban J connectivity index is 2.66. The van der Waals surface area contributed by atoms with E-state index in [-0.39, 0.29) is 6.10 Å². The Morgan fingerprint density at radius 3 is 2.70 bits per heavy atom. The van der Waals surface area contributed by atoms with Gasteiger partial charge in [-0.25, -0.2) is 0 Å². The van der Waals surface area contributed by atoms with Crippen LogP contribution in [0.2, 0.25) is 0 Å². The van der Waals surface area contributed by atoms with E-state index in [9.17, 15) is 5.11 Å². The highest BCUT2D eigenvalue weighted by molar-refractivity contribution is 5.25.